The Hall–Kier alpha value is -2.82. The number of nitrogens with two attached hydrogens (primary N) is 1. The molecular weight excluding hydrogens is 302 g/mol. The lowest BCUT2D eigenvalue weighted by Gasteiger charge is -2.28. The predicted octanol–water partition coefficient (Wildman–Crippen LogP) is 3.03. The molecule has 0 aromatic heterocycles. The maximum atomic E-state index is 12.3. The Kier molecular flexibility index (Phi) is 4.79. The lowest BCUT2D eigenvalue weighted by Crippen LogP contribution is -2.29. The largest absolute Gasteiger partial charge is 0.372 e. The summed E-state index contributed by atoms with van der Waals surface area (Å²) in [5.41, 5.74) is 7.91. The highest BCUT2D eigenvalue weighted by Crippen LogP contribution is 2.20. The molecule has 0 saturated carbocycles. The summed E-state index contributed by atoms with van der Waals surface area (Å²) in [6.07, 6.45) is 3.73. The summed E-state index contributed by atoms with van der Waals surface area (Å²) in [5.74, 6) is -0.723. The molecule has 0 atom stereocenters. The molecule has 1 aliphatic heterocycles. The second-order valence-corrected chi connectivity index (χ2v) is 5.99. The zero-order valence-electron chi connectivity index (χ0n) is 13.5. The molecule has 0 unspecified atom stereocenters. The number of primary amides is 1. The van der Waals surface area contributed by atoms with Crippen LogP contribution in [0, 0.1) is 0 Å². The Labute approximate surface area is 141 Å². The number of carbonyl (C=O) groups is 2. The van der Waals surface area contributed by atoms with E-state index in [1.807, 2.05) is 24.3 Å². The van der Waals surface area contributed by atoms with Crippen LogP contribution in [0.15, 0.2) is 48.5 Å². The minimum Gasteiger partial charge on any atom is -0.372 e. The number of amides is 2. The van der Waals surface area contributed by atoms with Gasteiger partial charge in [-0.3, -0.25) is 9.59 Å². The van der Waals surface area contributed by atoms with Gasteiger partial charge in [-0.2, -0.15) is 0 Å². The second kappa shape index (κ2) is 7.17. The fraction of sp³-hybridized carbons (Fsp3) is 0.263. The number of hydrogen-bond acceptors (Lipinski definition) is 3. The smallest absolute Gasteiger partial charge is 0.255 e. The van der Waals surface area contributed by atoms with E-state index in [0.717, 1.165) is 18.8 Å². The second-order valence-electron chi connectivity index (χ2n) is 5.99. The Morgan fingerprint density at radius 1 is 0.917 bits per heavy atom. The van der Waals surface area contributed by atoms with E-state index in [2.05, 4.69) is 10.2 Å². The van der Waals surface area contributed by atoms with Gasteiger partial charge in [-0.05, 0) is 61.7 Å². The van der Waals surface area contributed by atoms with Gasteiger partial charge in [-0.25, -0.2) is 0 Å². The summed E-state index contributed by atoms with van der Waals surface area (Å²) < 4.78 is 0. The van der Waals surface area contributed by atoms with Crippen molar-refractivity contribution in [3.05, 3.63) is 59.7 Å². The van der Waals surface area contributed by atoms with Gasteiger partial charge in [0, 0.05) is 35.6 Å². The Morgan fingerprint density at radius 3 is 2.29 bits per heavy atom. The summed E-state index contributed by atoms with van der Waals surface area (Å²) in [5, 5.41) is 2.79. The van der Waals surface area contributed by atoms with Crippen LogP contribution in [0.5, 0.6) is 0 Å². The number of carbonyl (C=O) groups excluding carboxylic acids is 2. The molecule has 124 valence electrons. The number of hydrogen-bond donors (Lipinski definition) is 2. The van der Waals surface area contributed by atoms with Crippen LogP contribution in [-0.4, -0.2) is 24.9 Å². The zero-order valence-corrected chi connectivity index (χ0v) is 13.5. The molecule has 5 heteroatoms. The molecule has 3 N–H and O–H groups in total. The Bertz CT molecular complexity index is 735. The topological polar surface area (TPSA) is 75.4 Å². The Morgan fingerprint density at radius 2 is 1.62 bits per heavy atom. The molecule has 1 fully saturated rings. The summed E-state index contributed by atoms with van der Waals surface area (Å²) in [6, 6.07) is 14.2. The van der Waals surface area contributed by atoms with Crippen molar-refractivity contribution in [1.29, 1.82) is 0 Å². The quantitative estimate of drug-likeness (QED) is 0.908. The van der Waals surface area contributed by atoms with Crippen LogP contribution < -0.4 is 16.0 Å². The normalized spacial score (nSPS) is 14.2. The fourth-order valence-electron chi connectivity index (χ4n) is 2.93. The third-order valence-electron chi connectivity index (χ3n) is 4.26. The van der Waals surface area contributed by atoms with E-state index in [-0.39, 0.29) is 5.91 Å². The molecule has 1 saturated heterocycles. The van der Waals surface area contributed by atoms with E-state index in [1.54, 1.807) is 24.3 Å². The summed E-state index contributed by atoms with van der Waals surface area (Å²) in [6.45, 7) is 2.15. The van der Waals surface area contributed by atoms with E-state index in [9.17, 15) is 9.59 Å². The van der Waals surface area contributed by atoms with Crippen LogP contribution in [0.3, 0.4) is 0 Å². The first-order chi connectivity index (χ1) is 11.6. The van der Waals surface area contributed by atoms with Crippen LogP contribution in [0.2, 0.25) is 0 Å². The highest BCUT2D eigenvalue weighted by Gasteiger charge is 2.12. The predicted molar refractivity (Wildman–Crippen MR) is 95.4 cm³/mol. The molecule has 0 aliphatic carbocycles. The van der Waals surface area contributed by atoms with Crippen molar-refractivity contribution in [3.63, 3.8) is 0 Å². The van der Waals surface area contributed by atoms with Gasteiger partial charge < -0.3 is 16.0 Å². The number of benzene rings is 2. The minimum atomic E-state index is -0.517. The van der Waals surface area contributed by atoms with Gasteiger partial charge >= 0.3 is 0 Å². The molecular formula is C19H21N3O2. The van der Waals surface area contributed by atoms with Crippen LogP contribution in [-0.2, 0) is 0 Å². The molecule has 0 spiro atoms. The van der Waals surface area contributed by atoms with Gasteiger partial charge in [0.2, 0.25) is 5.91 Å². The number of nitrogens with one attached hydrogen (secondary N) is 1. The van der Waals surface area contributed by atoms with Crippen molar-refractivity contribution in [2.45, 2.75) is 19.3 Å². The van der Waals surface area contributed by atoms with Crippen molar-refractivity contribution >= 4 is 23.2 Å². The van der Waals surface area contributed by atoms with Gasteiger partial charge in [0.1, 0.15) is 0 Å². The number of piperidine rings is 1. The molecule has 0 bridgehead atoms. The SMILES string of the molecule is NC(=O)c1cccc(NC(=O)c2ccc(N3CCCCC3)cc2)c1. The van der Waals surface area contributed by atoms with Crippen molar-refractivity contribution in [3.8, 4) is 0 Å². The third kappa shape index (κ3) is 3.74. The highest BCUT2D eigenvalue weighted by molar-refractivity contribution is 6.05. The van der Waals surface area contributed by atoms with E-state index in [4.69, 9.17) is 5.73 Å². The molecule has 3 rings (SSSR count). The van der Waals surface area contributed by atoms with Crippen molar-refractivity contribution in [2.75, 3.05) is 23.3 Å². The first kappa shape index (κ1) is 16.1. The molecule has 1 heterocycles. The van der Waals surface area contributed by atoms with Crippen LogP contribution in [0.1, 0.15) is 40.0 Å². The third-order valence-corrected chi connectivity index (χ3v) is 4.26. The lowest BCUT2D eigenvalue weighted by atomic mass is 10.1. The van der Waals surface area contributed by atoms with Crippen LogP contribution in [0.25, 0.3) is 0 Å². The summed E-state index contributed by atoms with van der Waals surface area (Å²) >= 11 is 0. The van der Waals surface area contributed by atoms with Gasteiger partial charge in [0.15, 0.2) is 0 Å². The molecule has 24 heavy (non-hydrogen) atoms. The van der Waals surface area contributed by atoms with Crippen LogP contribution >= 0.6 is 0 Å². The van der Waals surface area contributed by atoms with E-state index >= 15 is 0 Å². The van der Waals surface area contributed by atoms with E-state index in [1.165, 1.54) is 19.3 Å². The molecule has 1 aliphatic rings. The average Bonchev–Trinajstić information content (AvgIpc) is 2.63. The molecule has 2 aromatic rings. The maximum Gasteiger partial charge on any atom is 0.255 e. The number of nitrogens with zero attached hydrogens (tertiary/aromatic N) is 1. The molecule has 0 radical (unpaired) electrons. The van der Waals surface area contributed by atoms with E-state index < -0.39 is 5.91 Å². The maximum absolute atomic E-state index is 12.3. The standard InChI is InChI=1S/C19H21N3O2/c20-18(23)15-5-4-6-16(13-15)21-19(24)14-7-9-17(10-8-14)22-11-2-1-3-12-22/h4-10,13H,1-3,11-12H2,(H2,20,23)(H,21,24). The summed E-state index contributed by atoms with van der Waals surface area (Å²) in [4.78, 5) is 25.9. The van der Waals surface area contributed by atoms with Crippen molar-refractivity contribution < 1.29 is 9.59 Å². The summed E-state index contributed by atoms with van der Waals surface area (Å²) in [7, 11) is 0. The molecule has 2 amide bonds. The Balaban J connectivity index is 1.68. The van der Waals surface area contributed by atoms with Gasteiger partial charge in [0.05, 0.1) is 0 Å². The first-order valence-electron chi connectivity index (χ1n) is 8.20. The van der Waals surface area contributed by atoms with Crippen LogP contribution in [0.4, 0.5) is 11.4 Å². The first-order valence-corrected chi connectivity index (χ1v) is 8.20. The van der Waals surface area contributed by atoms with Crippen molar-refractivity contribution in [1.82, 2.24) is 0 Å². The van der Waals surface area contributed by atoms with Crippen molar-refractivity contribution in [2.24, 2.45) is 5.73 Å². The number of anilines is 2. The van der Waals surface area contributed by atoms with Gasteiger partial charge in [-0.15, -0.1) is 0 Å². The minimum absolute atomic E-state index is 0.207. The average molecular weight is 323 g/mol. The monoisotopic (exact) mass is 323 g/mol. The molecule has 5 nitrogen and oxygen atoms in total. The van der Waals surface area contributed by atoms with Gasteiger partial charge in [-0.1, -0.05) is 6.07 Å². The fourth-order valence-corrected chi connectivity index (χ4v) is 2.93. The zero-order chi connectivity index (χ0) is 16.9. The molecule has 2 aromatic carbocycles. The highest BCUT2D eigenvalue weighted by atomic mass is 16.2. The number of rotatable bonds is 4. The van der Waals surface area contributed by atoms with E-state index in [0.29, 0.717) is 16.8 Å². The van der Waals surface area contributed by atoms with Gasteiger partial charge in [0.25, 0.3) is 5.91 Å². The lowest BCUT2D eigenvalue weighted by molar-refractivity contribution is 0.0996.